The smallest absolute Gasteiger partial charge is 0.165 e. The number of halogens is 1. The SMILES string of the molecule is Cc1cc(C(C)N)cc(F)c1OCc1ccccc1. The lowest BCUT2D eigenvalue weighted by atomic mass is 10.1. The second-order valence-electron chi connectivity index (χ2n) is 4.71. The van der Waals surface area contributed by atoms with Gasteiger partial charge in [0, 0.05) is 6.04 Å². The van der Waals surface area contributed by atoms with Gasteiger partial charge in [-0.1, -0.05) is 36.4 Å². The highest BCUT2D eigenvalue weighted by atomic mass is 19.1. The van der Waals surface area contributed by atoms with E-state index in [-0.39, 0.29) is 11.9 Å². The van der Waals surface area contributed by atoms with Crippen molar-refractivity contribution in [2.24, 2.45) is 5.73 Å². The first kappa shape index (κ1) is 13.6. The number of nitrogens with two attached hydrogens (primary N) is 1. The molecule has 2 nitrogen and oxygen atoms in total. The molecule has 0 bridgehead atoms. The molecule has 0 radical (unpaired) electrons. The standard InChI is InChI=1S/C16H18FNO/c1-11-8-14(12(2)18)9-15(17)16(11)19-10-13-6-4-3-5-7-13/h3-9,12H,10,18H2,1-2H3. The number of ether oxygens (including phenoxy) is 1. The minimum atomic E-state index is -0.358. The minimum Gasteiger partial charge on any atom is -0.486 e. The lowest BCUT2D eigenvalue weighted by Gasteiger charge is -2.13. The Hall–Kier alpha value is -1.87. The van der Waals surface area contributed by atoms with E-state index in [0.717, 1.165) is 16.7 Å². The van der Waals surface area contributed by atoms with Gasteiger partial charge in [0.1, 0.15) is 6.61 Å². The molecular weight excluding hydrogens is 241 g/mol. The molecule has 1 unspecified atom stereocenters. The molecule has 1 atom stereocenters. The predicted molar refractivity (Wildman–Crippen MR) is 74.5 cm³/mol. The first-order valence-electron chi connectivity index (χ1n) is 6.30. The van der Waals surface area contributed by atoms with Gasteiger partial charge in [-0.25, -0.2) is 4.39 Å². The maximum absolute atomic E-state index is 14.0. The molecule has 0 fully saturated rings. The van der Waals surface area contributed by atoms with Crippen molar-refractivity contribution in [2.45, 2.75) is 26.5 Å². The fraction of sp³-hybridized carbons (Fsp3) is 0.250. The maximum Gasteiger partial charge on any atom is 0.165 e. The Labute approximate surface area is 113 Å². The molecule has 2 N–H and O–H groups in total. The van der Waals surface area contributed by atoms with Crippen LogP contribution in [0.4, 0.5) is 4.39 Å². The summed E-state index contributed by atoms with van der Waals surface area (Å²) < 4.78 is 19.6. The summed E-state index contributed by atoms with van der Waals surface area (Å²) in [6.45, 7) is 4.02. The van der Waals surface area contributed by atoms with Gasteiger partial charge in [0.05, 0.1) is 0 Å². The molecule has 0 aromatic heterocycles. The molecule has 19 heavy (non-hydrogen) atoms. The summed E-state index contributed by atoms with van der Waals surface area (Å²) in [6, 6.07) is 12.8. The minimum absolute atomic E-state index is 0.184. The van der Waals surface area contributed by atoms with Gasteiger partial charge >= 0.3 is 0 Å². The van der Waals surface area contributed by atoms with Crippen molar-refractivity contribution < 1.29 is 9.13 Å². The highest BCUT2D eigenvalue weighted by molar-refractivity contribution is 5.39. The third kappa shape index (κ3) is 3.32. The summed E-state index contributed by atoms with van der Waals surface area (Å²) in [6.07, 6.45) is 0. The molecule has 3 heteroatoms. The Balaban J connectivity index is 2.17. The number of rotatable bonds is 4. The van der Waals surface area contributed by atoms with Crippen LogP contribution >= 0.6 is 0 Å². The van der Waals surface area contributed by atoms with E-state index in [9.17, 15) is 4.39 Å². The first-order chi connectivity index (χ1) is 9.08. The van der Waals surface area contributed by atoms with E-state index in [1.807, 2.05) is 50.2 Å². The van der Waals surface area contributed by atoms with Crippen molar-refractivity contribution in [1.29, 1.82) is 0 Å². The van der Waals surface area contributed by atoms with Gasteiger partial charge in [-0.3, -0.25) is 0 Å². The Morgan fingerprint density at radius 2 is 1.89 bits per heavy atom. The molecule has 0 saturated carbocycles. The van der Waals surface area contributed by atoms with Crippen molar-refractivity contribution in [1.82, 2.24) is 0 Å². The highest BCUT2D eigenvalue weighted by Gasteiger charge is 2.11. The van der Waals surface area contributed by atoms with Crippen LogP contribution in [0.5, 0.6) is 5.75 Å². The van der Waals surface area contributed by atoms with Crippen molar-refractivity contribution in [3.05, 3.63) is 65.0 Å². The third-order valence-corrected chi connectivity index (χ3v) is 3.00. The van der Waals surface area contributed by atoms with Crippen LogP contribution in [0, 0.1) is 12.7 Å². The van der Waals surface area contributed by atoms with E-state index in [1.54, 1.807) is 0 Å². The van der Waals surface area contributed by atoms with Gasteiger partial charge in [0.2, 0.25) is 0 Å². The first-order valence-corrected chi connectivity index (χ1v) is 6.30. The second-order valence-corrected chi connectivity index (χ2v) is 4.71. The Morgan fingerprint density at radius 3 is 2.47 bits per heavy atom. The summed E-state index contributed by atoms with van der Waals surface area (Å²) in [5.41, 5.74) is 8.32. The van der Waals surface area contributed by atoms with Crippen LogP contribution in [0.3, 0.4) is 0 Å². The lowest BCUT2D eigenvalue weighted by Crippen LogP contribution is -2.07. The molecule has 0 amide bonds. The Bertz CT molecular complexity index is 529. The molecular formula is C16H18FNO. The zero-order valence-electron chi connectivity index (χ0n) is 11.2. The van der Waals surface area contributed by atoms with Crippen molar-refractivity contribution in [3.8, 4) is 5.75 Å². The Morgan fingerprint density at radius 1 is 1.21 bits per heavy atom. The molecule has 0 aliphatic heterocycles. The summed E-state index contributed by atoms with van der Waals surface area (Å²) in [7, 11) is 0. The van der Waals surface area contributed by atoms with Crippen LogP contribution < -0.4 is 10.5 Å². The second kappa shape index (κ2) is 5.85. The van der Waals surface area contributed by atoms with E-state index < -0.39 is 0 Å². The number of hydrogen-bond donors (Lipinski definition) is 1. The maximum atomic E-state index is 14.0. The quantitative estimate of drug-likeness (QED) is 0.908. The van der Waals surface area contributed by atoms with Gasteiger partial charge in [-0.2, -0.15) is 0 Å². The Kier molecular flexibility index (Phi) is 4.17. The topological polar surface area (TPSA) is 35.2 Å². The summed E-state index contributed by atoms with van der Waals surface area (Å²) in [5.74, 6) is -0.0588. The molecule has 0 saturated heterocycles. The monoisotopic (exact) mass is 259 g/mol. The summed E-state index contributed by atoms with van der Waals surface area (Å²) in [5, 5.41) is 0. The van der Waals surface area contributed by atoms with Crippen molar-refractivity contribution in [2.75, 3.05) is 0 Å². The average Bonchev–Trinajstić information content (AvgIpc) is 2.38. The summed E-state index contributed by atoms with van der Waals surface area (Å²) >= 11 is 0. The van der Waals surface area contributed by atoms with E-state index >= 15 is 0 Å². The average molecular weight is 259 g/mol. The third-order valence-electron chi connectivity index (χ3n) is 3.00. The lowest BCUT2D eigenvalue weighted by molar-refractivity contribution is 0.288. The van der Waals surface area contributed by atoms with Gasteiger partial charge in [0.15, 0.2) is 11.6 Å². The fourth-order valence-electron chi connectivity index (χ4n) is 1.93. The van der Waals surface area contributed by atoms with E-state index in [0.29, 0.717) is 12.4 Å². The molecule has 2 aromatic rings. The molecule has 0 spiro atoms. The van der Waals surface area contributed by atoms with Gasteiger partial charge in [0.25, 0.3) is 0 Å². The van der Waals surface area contributed by atoms with Crippen LogP contribution in [-0.4, -0.2) is 0 Å². The predicted octanol–water partition coefficient (Wildman–Crippen LogP) is 3.73. The summed E-state index contributed by atoms with van der Waals surface area (Å²) in [4.78, 5) is 0. The molecule has 2 rings (SSSR count). The zero-order valence-corrected chi connectivity index (χ0v) is 11.2. The normalized spacial score (nSPS) is 12.2. The molecule has 0 aliphatic rings. The van der Waals surface area contributed by atoms with Crippen molar-refractivity contribution >= 4 is 0 Å². The molecule has 0 heterocycles. The zero-order chi connectivity index (χ0) is 13.8. The fourth-order valence-corrected chi connectivity index (χ4v) is 1.93. The number of aryl methyl sites for hydroxylation is 1. The van der Waals surface area contributed by atoms with Crippen molar-refractivity contribution in [3.63, 3.8) is 0 Å². The highest BCUT2D eigenvalue weighted by Crippen LogP contribution is 2.26. The van der Waals surface area contributed by atoms with E-state index in [2.05, 4.69) is 0 Å². The van der Waals surface area contributed by atoms with Crippen LogP contribution in [0.2, 0.25) is 0 Å². The number of benzene rings is 2. The van der Waals surface area contributed by atoms with E-state index in [4.69, 9.17) is 10.5 Å². The van der Waals surface area contributed by atoms with Crippen LogP contribution in [0.25, 0.3) is 0 Å². The van der Waals surface area contributed by atoms with Gasteiger partial charge in [-0.05, 0) is 36.6 Å². The van der Waals surface area contributed by atoms with E-state index in [1.165, 1.54) is 6.07 Å². The molecule has 0 aliphatic carbocycles. The van der Waals surface area contributed by atoms with Crippen LogP contribution in [0.1, 0.15) is 29.7 Å². The van der Waals surface area contributed by atoms with Gasteiger partial charge in [-0.15, -0.1) is 0 Å². The van der Waals surface area contributed by atoms with Crippen LogP contribution in [0.15, 0.2) is 42.5 Å². The van der Waals surface area contributed by atoms with Crippen LogP contribution in [-0.2, 0) is 6.61 Å². The number of hydrogen-bond acceptors (Lipinski definition) is 2. The molecule has 2 aromatic carbocycles. The van der Waals surface area contributed by atoms with Gasteiger partial charge < -0.3 is 10.5 Å². The largest absolute Gasteiger partial charge is 0.486 e. The molecule has 100 valence electrons.